The normalized spacial score (nSPS) is 14.0. The summed E-state index contributed by atoms with van der Waals surface area (Å²) in [6.45, 7) is 0. The van der Waals surface area contributed by atoms with Crippen molar-refractivity contribution >= 4 is 27.8 Å². The zero-order chi connectivity index (χ0) is 10.1. The van der Waals surface area contributed by atoms with Crippen molar-refractivity contribution < 1.29 is 9.53 Å². The number of carbonyl (C=O) groups is 1. The lowest BCUT2D eigenvalue weighted by Crippen LogP contribution is -2.05. The summed E-state index contributed by atoms with van der Waals surface area (Å²) >= 11 is 3.41. The number of fused-ring (bicyclic) bond motifs is 1. The molecule has 0 saturated carbocycles. The molecule has 0 unspecified atom stereocenters. The average molecular weight is 253 g/mol. The van der Waals surface area contributed by atoms with E-state index >= 15 is 0 Å². The van der Waals surface area contributed by atoms with E-state index < -0.39 is 0 Å². The Morgan fingerprint density at radius 2 is 2.14 bits per heavy atom. The first kappa shape index (κ1) is 9.46. The number of halogens is 1. The van der Waals surface area contributed by atoms with Crippen LogP contribution in [0.5, 0.6) is 5.75 Å². The summed E-state index contributed by atoms with van der Waals surface area (Å²) in [7, 11) is 1.62. The minimum atomic E-state index is 0.141. The van der Waals surface area contributed by atoms with E-state index in [0.29, 0.717) is 6.42 Å². The number of allylic oxidation sites excluding steroid dienone is 1. The fourth-order valence-corrected chi connectivity index (χ4v) is 2.03. The Morgan fingerprint density at radius 3 is 2.86 bits per heavy atom. The van der Waals surface area contributed by atoms with Gasteiger partial charge in [-0.3, -0.25) is 4.79 Å². The lowest BCUT2D eigenvalue weighted by atomic mass is 9.96. The van der Waals surface area contributed by atoms with E-state index in [-0.39, 0.29) is 5.78 Å². The SMILES string of the molecule is COc1cc2c(cc1Br)C=CC(=O)C2. The van der Waals surface area contributed by atoms with E-state index in [1.54, 1.807) is 13.2 Å². The molecule has 72 valence electrons. The third kappa shape index (κ3) is 1.60. The molecule has 0 N–H and O–H groups in total. The first-order chi connectivity index (χ1) is 6.70. The third-order valence-electron chi connectivity index (χ3n) is 2.23. The zero-order valence-electron chi connectivity index (χ0n) is 7.71. The van der Waals surface area contributed by atoms with Crippen molar-refractivity contribution in [1.29, 1.82) is 0 Å². The van der Waals surface area contributed by atoms with Gasteiger partial charge >= 0.3 is 0 Å². The van der Waals surface area contributed by atoms with Crippen LogP contribution in [0.2, 0.25) is 0 Å². The lowest BCUT2D eigenvalue weighted by molar-refractivity contribution is -0.114. The summed E-state index contributed by atoms with van der Waals surface area (Å²) in [4.78, 5) is 11.2. The van der Waals surface area contributed by atoms with Crippen LogP contribution in [-0.4, -0.2) is 12.9 Å². The van der Waals surface area contributed by atoms with E-state index in [0.717, 1.165) is 21.3 Å². The topological polar surface area (TPSA) is 26.3 Å². The quantitative estimate of drug-likeness (QED) is 0.768. The van der Waals surface area contributed by atoms with Crippen LogP contribution in [0.25, 0.3) is 6.08 Å². The van der Waals surface area contributed by atoms with Crippen molar-refractivity contribution in [3.05, 3.63) is 33.8 Å². The Bertz CT molecular complexity index is 422. The van der Waals surface area contributed by atoms with Crippen molar-refractivity contribution in [2.24, 2.45) is 0 Å². The highest BCUT2D eigenvalue weighted by molar-refractivity contribution is 9.10. The molecule has 0 saturated heterocycles. The van der Waals surface area contributed by atoms with Crippen molar-refractivity contribution in [3.63, 3.8) is 0 Å². The Labute approximate surface area is 90.7 Å². The molecular formula is C11H9BrO2. The summed E-state index contributed by atoms with van der Waals surface area (Å²) in [6.07, 6.45) is 3.92. The van der Waals surface area contributed by atoms with Crippen LogP contribution in [0, 0.1) is 0 Å². The van der Waals surface area contributed by atoms with E-state index in [4.69, 9.17) is 4.74 Å². The van der Waals surface area contributed by atoms with Crippen LogP contribution >= 0.6 is 15.9 Å². The number of methoxy groups -OCH3 is 1. The van der Waals surface area contributed by atoms with Crippen LogP contribution < -0.4 is 4.74 Å². The summed E-state index contributed by atoms with van der Waals surface area (Å²) in [6, 6.07) is 3.87. The van der Waals surface area contributed by atoms with Gasteiger partial charge in [0, 0.05) is 6.42 Å². The molecule has 14 heavy (non-hydrogen) atoms. The van der Waals surface area contributed by atoms with Crippen LogP contribution in [0.1, 0.15) is 11.1 Å². The fraction of sp³-hybridized carbons (Fsp3) is 0.182. The molecule has 0 aromatic heterocycles. The molecule has 0 atom stereocenters. The van der Waals surface area contributed by atoms with Crippen molar-refractivity contribution in [2.75, 3.05) is 7.11 Å². The summed E-state index contributed by atoms with van der Waals surface area (Å²) < 4.78 is 6.08. The maximum Gasteiger partial charge on any atom is 0.160 e. The van der Waals surface area contributed by atoms with Crippen LogP contribution in [-0.2, 0) is 11.2 Å². The molecule has 2 rings (SSSR count). The molecule has 0 spiro atoms. The van der Waals surface area contributed by atoms with Gasteiger partial charge in [0.25, 0.3) is 0 Å². The lowest BCUT2D eigenvalue weighted by Gasteiger charge is -2.12. The van der Waals surface area contributed by atoms with Crippen LogP contribution in [0.4, 0.5) is 0 Å². The van der Waals surface area contributed by atoms with E-state index in [1.807, 2.05) is 18.2 Å². The van der Waals surface area contributed by atoms with Gasteiger partial charge in [0.2, 0.25) is 0 Å². The number of ether oxygens (including phenoxy) is 1. The number of carbonyl (C=O) groups excluding carboxylic acids is 1. The molecule has 1 aliphatic carbocycles. The second-order valence-corrected chi connectivity index (χ2v) is 4.02. The molecule has 2 nitrogen and oxygen atoms in total. The predicted molar refractivity (Wildman–Crippen MR) is 58.4 cm³/mol. The van der Waals surface area contributed by atoms with Crippen molar-refractivity contribution in [1.82, 2.24) is 0 Å². The van der Waals surface area contributed by atoms with Gasteiger partial charge in [0.15, 0.2) is 5.78 Å². The molecule has 0 heterocycles. The minimum Gasteiger partial charge on any atom is -0.496 e. The summed E-state index contributed by atoms with van der Waals surface area (Å²) in [5.74, 6) is 0.911. The first-order valence-corrected chi connectivity index (χ1v) is 5.07. The standard InChI is InChI=1S/C11H9BrO2/c1-14-11-6-8-4-9(13)3-2-7(8)5-10(11)12/h2-3,5-6H,4H2,1H3. The number of ketones is 1. The fourth-order valence-electron chi connectivity index (χ4n) is 1.50. The van der Waals surface area contributed by atoms with Crippen molar-refractivity contribution in [3.8, 4) is 5.75 Å². The Morgan fingerprint density at radius 1 is 1.36 bits per heavy atom. The van der Waals surface area contributed by atoms with Gasteiger partial charge in [0.1, 0.15) is 5.75 Å². The molecule has 1 aromatic rings. The monoisotopic (exact) mass is 252 g/mol. The highest BCUT2D eigenvalue weighted by atomic mass is 79.9. The molecule has 1 aliphatic rings. The van der Waals surface area contributed by atoms with Gasteiger partial charge in [-0.15, -0.1) is 0 Å². The maximum absolute atomic E-state index is 11.2. The summed E-state index contributed by atoms with van der Waals surface area (Å²) in [5, 5.41) is 0. The molecule has 0 amide bonds. The molecular weight excluding hydrogens is 244 g/mol. The van der Waals surface area contributed by atoms with Gasteiger partial charge in [0.05, 0.1) is 11.6 Å². The number of hydrogen-bond donors (Lipinski definition) is 0. The molecule has 0 bridgehead atoms. The number of benzene rings is 1. The first-order valence-electron chi connectivity index (χ1n) is 4.28. The Balaban J connectivity index is 2.53. The van der Waals surface area contributed by atoms with Gasteiger partial charge in [-0.05, 0) is 45.3 Å². The van der Waals surface area contributed by atoms with Crippen LogP contribution in [0.15, 0.2) is 22.7 Å². The predicted octanol–water partition coefficient (Wildman–Crippen LogP) is 2.60. The second kappa shape index (κ2) is 3.58. The molecule has 3 heteroatoms. The Hall–Kier alpha value is -1.09. The van der Waals surface area contributed by atoms with Gasteiger partial charge in [-0.25, -0.2) is 0 Å². The van der Waals surface area contributed by atoms with Crippen LogP contribution in [0.3, 0.4) is 0 Å². The molecule has 0 aliphatic heterocycles. The zero-order valence-corrected chi connectivity index (χ0v) is 9.30. The molecule has 0 radical (unpaired) electrons. The largest absolute Gasteiger partial charge is 0.496 e. The number of rotatable bonds is 1. The summed E-state index contributed by atoms with van der Waals surface area (Å²) in [5.41, 5.74) is 2.11. The maximum atomic E-state index is 11.2. The highest BCUT2D eigenvalue weighted by Gasteiger charge is 2.13. The minimum absolute atomic E-state index is 0.141. The second-order valence-electron chi connectivity index (χ2n) is 3.16. The van der Waals surface area contributed by atoms with Gasteiger partial charge in [-0.1, -0.05) is 6.08 Å². The van der Waals surface area contributed by atoms with E-state index in [9.17, 15) is 4.79 Å². The van der Waals surface area contributed by atoms with Gasteiger partial charge < -0.3 is 4.74 Å². The van der Waals surface area contributed by atoms with Gasteiger partial charge in [-0.2, -0.15) is 0 Å². The van der Waals surface area contributed by atoms with E-state index in [2.05, 4.69) is 15.9 Å². The number of hydrogen-bond acceptors (Lipinski definition) is 2. The smallest absolute Gasteiger partial charge is 0.160 e. The Kier molecular flexibility index (Phi) is 2.42. The third-order valence-corrected chi connectivity index (χ3v) is 2.85. The molecule has 1 aromatic carbocycles. The highest BCUT2D eigenvalue weighted by Crippen LogP contribution is 2.30. The molecule has 0 fully saturated rings. The van der Waals surface area contributed by atoms with Crippen molar-refractivity contribution in [2.45, 2.75) is 6.42 Å². The van der Waals surface area contributed by atoms with E-state index in [1.165, 1.54) is 0 Å². The average Bonchev–Trinajstić information content (AvgIpc) is 2.17.